The summed E-state index contributed by atoms with van der Waals surface area (Å²) in [7, 11) is 0. The van der Waals surface area contributed by atoms with Crippen molar-refractivity contribution < 1.29 is 0 Å². The van der Waals surface area contributed by atoms with Crippen LogP contribution in [-0.2, 0) is 0 Å². The first-order valence-corrected chi connectivity index (χ1v) is 4.48. The molecule has 0 aliphatic carbocycles. The molecule has 1 heteroatoms. The van der Waals surface area contributed by atoms with Gasteiger partial charge in [-0.15, -0.1) is 0 Å². The number of aromatic amines is 1. The summed E-state index contributed by atoms with van der Waals surface area (Å²) in [4.78, 5) is 3.06. The van der Waals surface area contributed by atoms with Gasteiger partial charge in [-0.05, 0) is 42.2 Å². The smallest absolute Gasteiger partial charge is 0.00841 e. The lowest BCUT2D eigenvalue weighted by atomic mass is 10.0. The van der Waals surface area contributed by atoms with Gasteiger partial charge in [0.05, 0.1) is 0 Å². The Morgan fingerprint density at radius 3 is 2.38 bits per heavy atom. The van der Waals surface area contributed by atoms with Crippen LogP contribution in [0.2, 0.25) is 0 Å². The average Bonchev–Trinajstić information content (AvgIpc) is 2.62. The Hall–Kier alpha value is -1.50. The van der Waals surface area contributed by atoms with Crippen molar-refractivity contribution in [3.63, 3.8) is 0 Å². The molecular formula is C12H13N. The second kappa shape index (κ2) is 3.09. The SMILES string of the molecule is Cc1ccc(-c2cc[nH]c2)cc1C. The largest absolute Gasteiger partial charge is 0.367 e. The molecule has 0 atom stereocenters. The molecule has 0 saturated heterocycles. The van der Waals surface area contributed by atoms with E-state index in [0.717, 1.165) is 0 Å². The Kier molecular flexibility index (Phi) is 1.93. The lowest BCUT2D eigenvalue weighted by molar-refractivity contribution is 1.34. The molecule has 0 saturated carbocycles. The van der Waals surface area contributed by atoms with Crippen molar-refractivity contribution in [2.24, 2.45) is 0 Å². The van der Waals surface area contributed by atoms with Crippen LogP contribution in [0.3, 0.4) is 0 Å². The number of hydrogen-bond acceptors (Lipinski definition) is 0. The number of aromatic nitrogens is 1. The monoisotopic (exact) mass is 171 g/mol. The zero-order valence-corrected chi connectivity index (χ0v) is 7.96. The minimum atomic E-state index is 1.25. The van der Waals surface area contributed by atoms with Gasteiger partial charge < -0.3 is 4.98 Å². The molecule has 0 bridgehead atoms. The fourth-order valence-electron chi connectivity index (χ4n) is 1.42. The highest BCUT2D eigenvalue weighted by molar-refractivity contribution is 5.63. The van der Waals surface area contributed by atoms with Crippen LogP contribution in [0.25, 0.3) is 11.1 Å². The van der Waals surface area contributed by atoms with E-state index in [2.05, 4.69) is 43.1 Å². The molecule has 1 N–H and O–H groups in total. The van der Waals surface area contributed by atoms with Crippen molar-refractivity contribution in [1.29, 1.82) is 0 Å². The maximum Gasteiger partial charge on any atom is 0.00841 e. The molecule has 1 aromatic carbocycles. The van der Waals surface area contributed by atoms with Crippen LogP contribution in [0.4, 0.5) is 0 Å². The van der Waals surface area contributed by atoms with E-state index in [4.69, 9.17) is 0 Å². The van der Waals surface area contributed by atoms with Crippen LogP contribution in [0.1, 0.15) is 11.1 Å². The standard InChI is InChI=1S/C12H13N/c1-9-3-4-11(7-10(9)2)12-5-6-13-8-12/h3-8,13H,1-2H3. The molecule has 2 aromatic rings. The van der Waals surface area contributed by atoms with E-state index in [9.17, 15) is 0 Å². The first-order chi connectivity index (χ1) is 6.27. The molecule has 0 amide bonds. The summed E-state index contributed by atoms with van der Waals surface area (Å²) < 4.78 is 0. The summed E-state index contributed by atoms with van der Waals surface area (Å²) in [5, 5.41) is 0. The highest BCUT2D eigenvalue weighted by Gasteiger charge is 1.98. The van der Waals surface area contributed by atoms with Crippen molar-refractivity contribution >= 4 is 0 Å². The van der Waals surface area contributed by atoms with E-state index < -0.39 is 0 Å². The Labute approximate surface area is 78.4 Å². The van der Waals surface area contributed by atoms with Crippen molar-refractivity contribution in [3.05, 3.63) is 47.8 Å². The van der Waals surface area contributed by atoms with Crippen LogP contribution in [0, 0.1) is 13.8 Å². The van der Waals surface area contributed by atoms with E-state index in [1.54, 1.807) is 0 Å². The molecule has 1 aromatic heterocycles. The number of nitrogens with one attached hydrogen (secondary N) is 1. The Bertz CT molecular complexity index is 399. The summed E-state index contributed by atoms with van der Waals surface area (Å²) >= 11 is 0. The summed E-state index contributed by atoms with van der Waals surface area (Å²) in [6, 6.07) is 8.63. The number of aryl methyl sites for hydroxylation is 2. The molecule has 1 heterocycles. The third-order valence-electron chi connectivity index (χ3n) is 2.44. The van der Waals surface area contributed by atoms with E-state index in [0.29, 0.717) is 0 Å². The zero-order valence-electron chi connectivity index (χ0n) is 7.96. The van der Waals surface area contributed by atoms with Gasteiger partial charge in [-0.25, -0.2) is 0 Å². The van der Waals surface area contributed by atoms with Crippen LogP contribution >= 0.6 is 0 Å². The predicted octanol–water partition coefficient (Wildman–Crippen LogP) is 3.30. The van der Waals surface area contributed by atoms with E-state index in [1.165, 1.54) is 22.3 Å². The zero-order chi connectivity index (χ0) is 9.26. The van der Waals surface area contributed by atoms with Crippen molar-refractivity contribution in [1.82, 2.24) is 4.98 Å². The first kappa shape index (κ1) is 8.11. The van der Waals surface area contributed by atoms with Crippen LogP contribution in [-0.4, -0.2) is 4.98 Å². The third kappa shape index (κ3) is 1.50. The van der Waals surface area contributed by atoms with Crippen LogP contribution in [0.15, 0.2) is 36.7 Å². The van der Waals surface area contributed by atoms with E-state index in [-0.39, 0.29) is 0 Å². The fourth-order valence-corrected chi connectivity index (χ4v) is 1.42. The third-order valence-corrected chi connectivity index (χ3v) is 2.44. The highest BCUT2D eigenvalue weighted by Crippen LogP contribution is 2.21. The average molecular weight is 171 g/mol. The minimum absolute atomic E-state index is 1.25. The Balaban J connectivity index is 2.49. The molecule has 0 unspecified atom stereocenters. The molecule has 2 rings (SSSR count). The maximum absolute atomic E-state index is 3.06. The number of rotatable bonds is 1. The second-order valence-electron chi connectivity index (χ2n) is 3.40. The van der Waals surface area contributed by atoms with Gasteiger partial charge in [-0.3, -0.25) is 0 Å². The van der Waals surface area contributed by atoms with Gasteiger partial charge in [-0.1, -0.05) is 18.2 Å². The number of H-pyrrole nitrogens is 1. The van der Waals surface area contributed by atoms with Gasteiger partial charge >= 0.3 is 0 Å². The molecule has 66 valence electrons. The highest BCUT2D eigenvalue weighted by atomic mass is 14.6. The summed E-state index contributed by atoms with van der Waals surface area (Å²) in [6.07, 6.45) is 3.97. The summed E-state index contributed by atoms with van der Waals surface area (Å²) in [6.45, 7) is 4.28. The van der Waals surface area contributed by atoms with Gasteiger partial charge in [0, 0.05) is 12.4 Å². The lowest BCUT2D eigenvalue weighted by Crippen LogP contribution is -1.81. The molecule has 0 fully saturated rings. The normalized spacial score (nSPS) is 10.3. The van der Waals surface area contributed by atoms with E-state index >= 15 is 0 Å². The Morgan fingerprint density at radius 2 is 1.77 bits per heavy atom. The quantitative estimate of drug-likeness (QED) is 0.677. The van der Waals surface area contributed by atoms with Gasteiger partial charge in [0.2, 0.25) is 0 Å². The maximum atomic E-state index is 3.06. The summed E-state index contributed by atoms with van der Waals surface area (Å²) in [5.41, 5.74) is 5.23. The van der Waals surface area contributed by atoms with Gasteiger partial charge in [-0.2, -0.15) is 0 Å². The lowest BCUT2D eigenvalue weighted by Gasteiger charge is -2.02. The van der Waals surface area contributed by atoms with E-state index in [1.807, 2.05) is 12.4 Å². The molecule has 0 aliphatic rings. The van der Waals surface area contributed by atoms with Crippen molar-refractivity contribution in [2.75, 3.05) is 0 Å². The molecule has 13 heavy (non-hydrogen) atoms. The topological polar surface area (TPSA) is 15.8 Å². The molecule has 0 aliphatic heterocycles. The van der Waals surface area contributed by atoms with Crippen molar-refractivity contribution in [3.8, 4) is 11.1 Å². The Morgan fingerprint density at radius 1 is 0.923 bits per heavy atom. The summed E-state index contributed by atoms with van der Waals surface area (Å²) in [5.74, 6) is 0. The first-order valence-electron chi connectivity index (χ1n) is 4.48. The second-order valence-corrected chi connectivity index (χ2v) is 3.40. The molecular weight excluding hydrogens is 158 g/mol. The predicted molar refractivity (Wildman–Crippen MR) is 55.7 cm³/mol. The minimum Gasteiger partial charge on any atom is -0.367 e. The van der Waals surface area contributed by atoms with Gasteiger partial charge in [0.25, 0.3) is 0 Å². The molecule has 1 nitrogen and oxygen atoms in total. The van der Waals surface area contributed by atoms with Gasteiger partial charge in [0.1, 0.15) is 0 Å². The molecule has 0 radical (unpaired) electrons. The van der Waals surface area contributed by atoms with Crippen LogP contribution in [0.5, 0.6) is 0 Å². The number of hydrogen-bond donors (Lipinski definition) is 1. The van der Waals surface area contributed by atoms with Gasteiger partial charge in [0.15, 0.2) is 0 Å². The van der Waals surface area contributed by atoms with Crippen molar-refractivity contribution in [2.45, 2.75) is 13.8 Å². The number of benzene rings is 1. The van der Waals surface area contributed by atoms with Crippen LogP contribution < -0.4 is 0 Å². The fraction of sp³-hybridized carbons (Fsp3) is 0.167. The molecule has 0 spiro atoms.